The number of rotatable bonds is 2. The summed E-state index contributed by atoms with van der Waals surface area (Å²) in [5, 5.41) is 1.31. The molecule has 0 atom stereocenters. The average Bonchev–Trinajstić information content (AvgIpc) is 2.79. The maximum absolute atomic E-state index is 13.1. The monoisotopic (exact) mass is 352 g/mol. The Labute approximate surface area is 152 Å². The molecule has 0 saturated carbocycles. The van der Waals surface area contributed by atoms with E-state index in [0.717, 1.165) is 36.5 Å². The Morgan fingerprint density at radius 1 is 1.20 bits per heavy atom. The number of hydrogen-bond donors (Lipinski definition) is 1. The number of aromatic nitrogens is 1. The first kappa shape index (κ1) is 16.3. The number of H-pyrrole nitrogens is 1. The van der Waals surface area contributed by atoms with Crippen LogP contribution < -0.4 is 0 Å². The largest absolute Gasteiger partial charge is 0.361 e. The summed E-state index contributed by atoms with van der Waals surface area (Å²) in [5.41, 5.74) is 6.26. The minimum atomic E-state index is -0.205. The Hall–Kier alpha value is -2.20. The highest BCUT2D eigenvalue weighted by Gasteiger charge is 2.20. The lowest BCUT2D eigenvalue weighted by atomic mass is 10.1. The van der Waals surface area contributed by atoms with E-state index in [2.05, 4.69) is 35.0 Å². The van der Waals surface area contributed by atoms with Gasteiger partial charge in [-0.15, -0.1) is 0 Å². The molecule has 1 N–H and O–H groups in total. The summed E-state index contributed by atoms with van der Waals surface area (Å²) in [4.78, 5) is 6.82. The van der Waals surface area contributed by atoms with Gasteiger partial charge in [-0.25, -0.2) is 4.39 Å². The zero-order chi connectivity index (χ0) is 17.4. The summed E-state index contributed by atoms with van der Waals surface area (Å²) in [6.07, 6.45) is 2.83. The molecule has 1 aliphatic heterocycles. The van der Waals surface area contributed by atoms with E-state index < -0.39 is 0 Å². The van der Waals surface area contributed by atoms with Crippen LogP contribution in [0.5, 0.6) is 0 Å². The lowest BCUT2D eigenvalue weighted by Crippen LogP contribution is -2.30. The second kappa shape index (κ2) is 6.60. The molecule has 2 heterocycles. The van der Waals surface area contributed by atoms with Crippen molar-refractivity contribution in [1.82, 2.24) is 9.88 Å². The summed E-state index contributed by atoms with van der Waals surface area (Å²) in [5.74, 6) is -0.205. The van der Waals surface area contributed by atoms with Crippen molar-refractivity contribution in [3.05, 3.63) is 70.7 Å². The van der Waals surface area contributed by atoms with Crippen LogP contribution in [0.1, 0.15) is 28.8 Å². The van der Waals surface area contributed by atoms with Crippen LogP contribution in [-0.4, -0.2) is 21.4 Å². The molecule has 1 aromatic heterocycles. The van der Waals surface area contributed by atoms with E-state index in [4.69, 9.17) is 12.2 Å². The molecule has 25 heavy (non-hydrogen) atoms. The first-order valence-corrected chi connectivity index (χ1v) is 9.13. The van der Waals surface area contributed by atoms with Crippen molar-refractivity contribution in [3.63, 3.8) is 0 Å². The van der Waals surface area contributed by atoms with Crippen molar-refractivity contribution in [2.24, 2.45) is 0 Å². The van der Waals surface area contributed by atoms with E-state index in [1.165, 1.54) is 39.9 Å². The third-order valence-electron chi connectivity index (χ3n) is 4.98. The summed E-state index contributed by atoms with van der Waals surface area (Å²) >= 11 is 5.72. The lowest BCUT2D eigenvalue weighted by Gasteiger charge is -2.24. The summed E-state index contributed by atoms with van der Waals surface area (Å²) < 4.78 is 13.1. The summed E-state index contributed by atoms with van der Waals surface area (Å²) in [6.45, 7) is 3.95. The molecule has 0 radical (unpaired) electrons. The van der Waals surface area contributed by atoms with Crippen molar-refractivity contribution >= 4 is 28.1 Å². The highest BCUT2D eigenvalue weighted by molar-refractivity contribution is 7.80. The van der Waals surface area contributed by atoms with Gasteiger partial charge in [0.25, 0.3) is 0 Å². The summed E-state index contributed by atoms with van der Waals surface area (Å²) in [6, 6.07) is 13.2. The van der Waals surface area contributed by atoms with Crippen molar-refractivity contribution in [1.29, 1.82) is 0 Å². The van der Waals surface area contributed by atoms with E-state index in [1.807, 2.05) is 12.1 Å². The minimum Gasteiger partial charge on any atom is -0.361 e. The fourth-order valence-electron chi connectivity index (χ4n) is 3.63. The molecule has 0 saturated heterocycles. The normalized spacial score (nSPS) is 14.4. The molecule has 0 fully saturated rings. The van der Waals surface area contributed by atoms with Crippen LogP contribution >= 0.6 is 12.2 Å². The molecule has 0 bridgehead atoms. The number of halogens is 1. The van der Waals surface area contributed by atoms with E-state index in [9.17, 15) is 4.39 Å². The number of nitrogens with one attached hydrogen (secondary N) is 1. The Bertz CT molecular complexity index is 927. The van der Waals surface area contributed by atoms with Gasteiger partial charge < -0.3 is 9.88 Å². The average molecular weight is 352 g/mol. The van der Waals surface area contributed by atoms with Crippen molar-refractivity contribution in [2.75, 3.05) is 6.54 Å². The molecule has 0 amide bonds. The van der Waals surface area contributed by atoms with Gasteiger partial charge in [0, 0.05) is 36.1 Å². The van der Waals surface area contributed by atoms with Crippen LogP contribution in [0.2, 0.25) is 0 Å². The molecule has 0 spiro atoms. The van der Waals surface area contributed by atoms with E-state index >= 15 is 0 Å². The highest BCUT2D eigenvalue weighted by Crippen LogP contribution is 2.28. The zero-order valence-corrected chi connectivity index (χ0v) is 15.1. The molecule has 2 nitrogen and oxygen atoms in total. The van der Waals surface area contributed by atoms with Crippen LogP contribution in [0.15, 0.2) is 42.5 Å². The molecule has 4 rings (SSSR count). The first-order valence-electron chi connectivity index (χ1n) is 8.72. The maximum Gasteiger partial charge on any atom is 0.123 e. The van der Waals surface area contributed by atoms with Gasteiger partial charge in [0.05, 0.1) is 4.99 Å². The predicted molar refractivity (Wildman–Crippen MR) is 104 cm³/mol. The Balaban J connectivity index is 1.60. The maximum atomic E-state index is 13.1. The molecule has 2 aromatic carbocycles. The van der Waals surface area contributed by atoms with Gasteiger partial charge in [0.1, 0.15) is 5.82 Å². The fraction of sp³-hybridized carbons (Fsp3) is 0.286. The highest BCUT2D eigenvalue weighted by atomic mass is 32.1. The van der Waals surface area contributed by atoms with E-state index in [-0.39, 0.29) is 5.82 Å². The van der Waals surface area contributed by atoms with E-state index in [1.54, 1.807) is 0 Å². The quantitative estimate of drug-likeness (QED) is 0.659. The molecular weight excluding hydrogens is 331 g/mol. The number of aromatic amines is 1. The van der Waals surface area contributed by atoms with Gasteiger partial charge in [-0.3, -0.25) is 0 Å². The number of aryl methyl sites for hydroxylation is 2. The molecule has 3 aromatic rings. The van der Waals surface area contributed by atoms with Gasteiger partial charge in [-0.05, 0) is 55.2 Å². The number of hydrogen-bond acceptors (Lipinski definition) is 1. The Morgan fingerprint density at radius 3 is 2.80 bits per heavy atom. The smallest absolute Gasteiger partial charge is 0.123 e. The van der Waals surface area contributed by atoms with E-state index in [0.29, 0.717) is 6.42 Å². The fourth-order valence-corrected chi connectivity index (χ4v) is 3.95. The topological polar surface area (TPSA) is 19.0 Å². The van der Waals surface area contributed by atoms with Crippen LogP contribution in [0.25, 0.3) is 10.9 Å². The lowest BCUT2D eigenvalue weighted by molar-refractivity contribution is 0.420. The molecule has 1 aliphatic rings. The third-order valence-corrected chi connectivity index (χ3v) is 5.38. The molecule has 128 valence electrons. The van der Waals surface area contributed by atoms with Gasteiger partial charge in [-0.1, -0.05) is 36.0 Å². The SMILES string of the molecule is Cc1ccc2[nH]c3c(c2c1)CN(C(=S)Cc1ccc(F)cc1)CCC3. The number of thiocarbonyl (C=S) groups is 1. The van der Waals surface area contributed by atoms with Crippen LogP contribution in [0, 0.1) is 12.7 Å². The molecule has 0 aliphatic carbocycles. The Kier molecular flexibility index (Phi) is 4.30. The Morgan fingerprint density at radius 2 is 2.00 bits per heavy atom. The first-order chi connectivity index (χ1) is 12.1. The number of fused-ring (bicyclic) bond motifs is 3. The van der Waals surface area contributed by atoms with Gasteiger partial charge in [0.15, 0.2) is 0 Å². The van der Waals surface area contributed by atoms with Crippen molar-refractivity contribution < 1.29 is 4.39 Å². The number of benzene rings is 2. The second-order valence-corrected chi connectivity index (χ2v) is 7.32. The standard InChI is InChI=1S/C21H21FN2S/c1-14-4-9-20-17(11-14)18-13-24(10-2-3-19(18)23-20)21(25)12-15-5-7-16(22)8-6-15/h4-9,11,23H,2-3,10,12-13H2,1H3. The minimum absolute atomic E-state index is 0.205. The van der Waals surface area contributed by atoms with Crippen LogP contribution in [-0.2, 0) is 19.4 Å². The molecular formula is C21H21FN2S. The second-order valence-electron chi connectivity index (χ2n) is 6.85. The predicted octanol–water partition coefficient (Wildman–Crippen LogP) is 4.93. The van der Waals surface area contributed by atoms with Crippen LogP contribution in [0.3, 0.4) is 0 Å². The van der Waals surface area contributed by atoms with Crippen molar-refractivity contribution in [3.8, 4) is 0 Å². The van der Waals surface area contributed by atoms with Gasteiger partial charge in [-0.2, -0.15) is 0 Å². The van der Waals surface area contributed by atoms with Crippen molar-refractivity contribution in [2.45, 2.75) is 32.7 Å². The van der Waals surface area contributed by atoms with Crippen LogP contribution in [0.4, 0.5) is 4.39 Å². The van der Waals surface area contributed by atoms with Gasteiger partial charge >= 0.3 is 0 Å². The number of nitrogens with zero attached hydrogens (tertiary/aromatic N) is 1. The molecule has 4 heteroatoms. The third kappa shape index (κ3) is 3.31. The van der Waals surface area contributed by atoms with Gasteiger partial charge in [0.2, 0.25) is 0 Å². The summed E-state index contributed by atoms with van der Waals surface area (Å²) in [7, 11) is 0. The zero-order valence-electron chi connectivity index (χ0n) is 14.3. The molecule has 0 unspecified atom stereocenters.